The van der Waals surface area contributed by atoms with Crippen LogP contribution in [0.1, 0.15) is 5.56 Å². The second kappa shape index (κ2) is 3.03. The first-order valence-corrected chi connectivity index (χ1v) is 6.28. The Balaban J connectivity index is 1.94. The second-order valence-electron chi connectivity index (χ2n) is 4.83. The number of aromatic nitrogens is 3. The molecular weight excluding hydrogens is 238 g/mol. The SMILES string of the molecule is c1ccc2c(c1)C[n+]1c-2oc2cc3ncccn3c21. The number of nitrogens with zero attached hydrogens (tertiary/aromatic N) is 3. The fraction of sp³-hybridized carbons (Fsp3) is 0.0667. The van der Waals surface area contributed by atoms with Crippen LogP contribution in [0, 0.1) is 0 Å². The lowest BCUT2D eigenvalue weighted by Gasteiger charge is -1.91. The van der Waals surface area contributed by atoms with Gasteiger partial charge in [-0.3, -0.25) is 0 Å². The maximum atomic E-state index is 6.02. The Bertz CT molecular complexity index is 949. The molecule has 0 amide bonds. The van der Waals surface area contributed by atoms with E-state index in [4.69, 9.17) is 4.42 Å². The van der Waals surface area contributed by atoms with Gasteiger partial charge in [-0.2, -0.15) is 8.97 Å². The summed E-state index contributed by atoms with van der Waals surface area (Å²) < 4.78 is 10.3. The Labute approximate surface area is 108 Å². The highest BCUT2D eigenvalue weighted by Gasteiger charge is 2.32. The van der Waals surface area contributed by atoms with Gasteiger partial charge in [-0.1, -0.05) is 18.2 Å². The Hall–Kier alpha value is -2.62. The molecule has 0 saturated carbocycles. The number of oxazole rings is 1. The summed E-state index contributed by atoms with van der Waals surface area (Å²) in [7, 11) is 0. The highest BCUT2D eigenvalue weighted by molar-refractivity contribution is 5.77. The zero-order valence-electron chi connectivity index (χ0n) is 10.1. The molecule has 0 unspecified atom stereocenters. The van der Waals surface area contributed by atoms with Gasteiger partial charge in [0.1, 0.15) is 6.54 Å². The molecule has 0 aliphatic carbocycles. The highest BCUT2D eigenvalue weighted by atomic mass is 16.4. The van der Waals surface area contributed by atoms with Crippen LogP contribution in [0.15, 0.2) is 53.2 Å². The van der Waals surface area contributed by atoms with Gasteiger partial charge < -0.3 is 4.42 Å². The van der Waals surface area contributed by atoms with E-state index in [0.29, 0.717) is 0 Å². The lowest BCUT2D eigenvalue weighted by Crippen LogP contribution is -2.31. The molecule has 0 atom stereocenters. The first kappa shape index (κ1) is 9.33. The molecule has 1 aliphatic rings. The fourth-order valence-corrected chi connectivity index (χ4v) is 2.95. The van der Waals surface area contributed by atoms with Gasteiger partial charge in [-0.15, -0.1) is 0 Å². The second-order valence-corrected chi connectivity index (χ2v) is 4.83. The molecule has 4 aromatic rings. The van der Waals surface area contributed by atoms with Crippen molar-refractivity contribution in [2.24, 2.45) is 0 Å². The highest BCUT2D eigenvalue weighted by Crippen LogP contribution is 2.31. The van der Waals surface area contributed by atoms with Gasteiger partial charge in [0.05, 0.1) is 17.8 Å². The first-order valence-electron chi connectivity index (χ1n) is 6.28. The summed E-state index contributed by atoms with van der Waals surface area (Å²) in [5.74, 6) is 0.943. The van der Waals surface area contributed by atoms with Gasteiger partial charge in [0.2, 0.25) is 11.2 Å². The molecule has 0 bridgehead atoms. The molecule has 1 aliphatic heterocycles. The quantitative estimate of drug-likeness (QED) is 0.394. The average Bonchev–Trinajstić information content (AvgIpc) is 3.05. The van der Waals surface area contributed by atoms with E-state index in [0.717, 1.165) is 29.3 Å². The van der Waals surface area contributed by atoms with Crippen molar-refractivity contribution in [3.8, 4) is 11.5 Å². The largest absolute Gasteiger partial charge is 0.413 e. The Kier molecular flexibility index (Phi) is 1.49. The summed E-state index contributed by atoms with van der Waals surface area (Å²) in [5.41, 5.74) is 5.39. The third kappa shape index (κ3) is 1.04. The predicted octanol–water partition coefficient (Wildman–Crippen LogP) is 2.40. The number of hydrogen-bond donors (Lipinski definition) is 0. The third-order valence-electron chi connectivity index (χ3n) is 3.77. The van der Waals surface area contributed by atoms with Crippen molar-refractivity contribution in [1.29, 1.82) is 0 Å². The minimum atomic E-state index is 0.861. The van der Waals surface area contributed by atoms with Crippen molar-refractivity contribution >= 4 is 16.9 Å². The van der Waals surface area contributed by atoms with E-state index >= 15 is 0 Å². The first-order chi connectivity index (χ1) is 9.42. The molecule has 1 aromatic carbocycles. The molecule has 3 aromatic heterocycles. The molecular formula is C15H10N3O+. The van der Waals surface area contributed by atoms with Crippen LogP contribution in [0.3, 0.4) is 0 Å². The Morgan fingerprint density at radius 3 is 3.16 bits per heavy atom. The molecule has 0 fully saturated rings. The van der Waals surface area contributed by atoms with Crippen LogP contribution in [0.25, 0.3) is 28.3 Å². The van der Waals surface area contributed by atoms with Gasteiger partial charge >= 0.3 is 5.65 Å². The molecule has 4 heteroatoms. The Morgan fingerprint density at radius 1 is 1.21 bits per heavy atom. The molecule has 0 radical (unpaired) electrons. The van der Waals surface area contributed by atoms with Crippen LogP contribution in [0.5, 0.6) is 0 Å². The average molecular weight is 248 g/mol. The molecule has 90 valence electrons. The molecule has 4 heterocycles. The lowest BCUT2D eigenvalue weighted by atomic mass is 10.1. The van der Waals surface area contributed by atoms with Crippen LogP contribution in [-0.4, -0.2) is 9.38 Å². The van der Waals surface area contributed by atoms with E-state index in [9.17, 15) is 0 Å². The van der Waals surface area contributed by atoms with Crippen molar-refractivity contribution in [3.63, 3.8) is 0 Å². The lowest BCUT2D eigenvalue weighted by molar-refractivity contribution is -0.651. The van der Waals surface area contributed by atoms with Crippen LogP contribution in [0.2, 0.25) is 0 Å². The molecule has 4 nitrogen and oxygen atoms in total. The maximum absolute atomic E-state index is 6.02. The van der Waals surface area contributed by atoms with Crippen molar-refractivity contribution < 1.29 is 8.98 Å². The standard InChI is InChI=1S/C15H10N3O/c1-2-5-11-10(4-1)9-18-14-12(19-15(11)18)8-13-16-6-3-7-17(13)14/h1-8H,9H2/q+1. The summed E-state index contributed by atoms with van der Waals surface area (Å²) in [6.45, 7) is 0.861. The minimum absolute atomic E-state index is 0.861. The zero-order valence-corrected chi connectivity index (χ0v) is 10.1. The van der Waals surface area contributed by atoms with Crippen molar-refractivity contribution in [2.75, 3.05) is 0 Å². The van der Waals surface area contributed by atoms with Crippen LogP contribution < -0.4 is 4.57 Å². The van der Waals surface area contributed by atoms with E-state index in [1.807, 2.05) is 18.3 Å². The van der Waals surface area contributed by atoms with Gasteiger partial charge in [0.15, 0.2) is 0 Å². The molecule has 0 spiro atoms. The number of rotatable bonds is 0. The summed E-state index contributed by atoms with van der Waals surface area (Å²) >= 11 is 0. The van der Waals surface area contributed by atoms with Crippen LogP contribution >= 0.6 is 0 Å². The van der Waals surface area contributed by atoms with Crippen molar-refractivity contribution in [3.05, 3.63) is 54.4 Å². The van der Waals surface area contributed by atoms with Crippen molar-refractivity contribution in [1.82, 2.24) is 9.38 Å². The van der Waals surface area contributed by atoms with E-state index in [1.165, 1.54) is 11.1 Å². The monoisotopic (exact) mass is 248 g/mol. The summed E-state index contributed by atoms with van der Waals surface area (Å²) in [4.78, 5) is 4.35. The number of hydrogen-bond acceptors (Lipinski definition) is 2. The predicted molar refractivity (Wildman–Crippen MR) is 69.7 cm³/mol. The van der Waals surface area contributed by atoms with Gasteiger partial charge in [0, 0.05) is 11.8 Å². The molecule has 0 saturated heterocycles. The molecule has 0 N–H and O–H groups in total. The topological polar surface area (TPSA) is 34.3 Å². The summed E-state index contributed by atoms with van der Waals surface area (Å²) in [6.07, 6.45) is 3.82. The van der Waals surface area contributed by atoms with Crippen molar-refractivity contribution in [2.45, 2.75) is 6.54 Å². The summed E-state index contributed by atoms with van der Waals surface area (Å²) in [6, 6.07) is 12.3. The number of fused-ring (bicyclic) bond motifs is 7. The number of benzene rings is 1. The third-order valence-corrected chi connectivity index (χ3v) is 3.77. The fourth-order valence-electron chi connectivity index (χ4n) is 2.95. The Morgan fingerprint density at radius 2 is 2.16 bits per heavy atom. The molecule has 19 heavy (non-hydrogen) atoms. The van der Waals surface area contributed by atoms with E-state index in [2.05, 4.69) is 38.2 Å². The summed E-state index contributed by atoms with van der Waals surface area (Å²) in [5, 5.41) is 0. The van der Waals surface area contributed by atoms with E-state index in [1.54, 1.807) is 6.20 Å². The van der Waals surface area contributed by atoms with Gasteiger partial charge in [-0.05, 0) is 12.1 Å². The minimum Gasteiger partial charge on any atom is -0.413 e. The van der Waals surface area contributed by atoms with Crippen LogP contribution in [-0.2, 0) is 6.54 Å². The van der Waals surface area contributed by atoms with E-state index in [-0.39, 0.29) is 0 Å². The maximum Gasteiger partial charge on any atom is 0.335 e. The van der Waals surface area contributed by atoms with Gasteiger partial charge in [-0.25, -0.2) is 4.98 Å². The zero-order chi connectivity index (χ0) is 12.4. The smallest absolute Gasteiger partial charge is 0.335 e. The van der Waals surface area contributed by atoms with E-state index < -0.39 is 0 Å². The molecule has 5 rings (SSSR count). The van der Waals surface area contributed by atoms with Gasteiger partial charge in [0.25, 0.3) is 5.89 Å². The van der Waals surface area contributed by atoms with Crippen LogP contribution in [0.4, 0.5) is 0 Å². The normalized spacial score (nSPS) is 13.1.